The molecule has 3 atom stereocenters. The highest BCUT2D eigenvalue weighted by atomic mass is 16.3. The van der Waals surface area contributed by atoms with E-state index in [4.69, 9.17) is 4.42 Å². The van der Waals surface area contributed by atoms with Crippen LogP contribution in [0.5, 0.6) is 0 Å². The van der Waals surface area contributed by atoms with E-state index in [0.29, 0.717) is 18.5 Å². The van der Waals surface area contributed by atoms with Crippen molar-refractivity contribution in [3.05, 3.63) is 59.5 Å². The van der Waals surface area contributed by atoms with Crippen molar-refractivity contribution in [1.29, 1.82) is 0 Å². The summed E-state index contributed by atoms with van der Waals surface area (Å²) in [6.45, 7) is 0.658. The van der Waals surface area contributed by atoms with Crippen LogP contribution < -0.4 is 10.6 Å². The average Bonchev–Trinajstić information content (AvgIpc) is 2.91. The molecule has 0 bridgehead atoms. The van der Waals surface area contributed by atoms with Gasteiger partial charge < -0.3 is 15.1 Å². The fourth-order valence-electron chi connectivity index (χ4n) is 3.48. The SMILES string of the molecule is CN=C(NCc1ccco1)N[C@@H]1[C@H]2Cc3ccccc3[C@H]21. The maximum atomic E-state index is 5.32. The standard InChI is InChI=1S/C17H19N3O/c1-18-17(19-10-12-6-4-8-21-12)20-16-14-9-11-5-2-3-7-13(11)15(14)16/h2-8,14-16H,9-10H2,1H3,(H2,18,19,20)/t14-,15+,16+/m0/s1. The van der Waals surface area contributed by atoms with Crippen LogP contribution in [0.1, 0.15) is 22.8 Å². The number of rotatable bonds is 3. The third-order valence-corrected chi connectivity index (χ3v) is 4.58. The Bertz CT molecular complexity index is 662. The van der Waals surface area contributed by atoms with Crippen LogP contribution in [-0.4, -0.2) is 19.0 Å². The third-order valence-electron chi connectivity index (χ3n) is 4.58. The highest BCUT2D eigenvalue weighted by Gasteiger charge is 2.55. The van der Waals surface area contributed by atoms with E-state index in [0.717, 1.165) is 17.6 Å². The highest BCUT2D eigenvalue weighted by molar-refractivity contribution is 5.80. The zero-order valence-electron chi connectivity index (χ0n) is 12.0. The van der Waals surface area contributed by atoms with Gasteiger partial charge in [0.2, 0.25) is 0 Å². The van der Waals surface area contributed by atoms with Crippen molar-refractivity contribution in [3.63, 3.8) is 0 Å². The first-order valence-electron chi connectivity index (χ1n) is 7.44. The average molecular weight is 281 g/mol. The minimum Gasteiger partial charge on any atom is -0.467 e. The molecule has 4 rings (SSSR count). The molecule has 0 radical (unpaired) electrons. The van der Waals surface area contributed by atoms with Gasteiger partial charge >= 0.3 is 0 Å². The van der Waals surface area contributed by atoms with Gasteiger partial charge in [0.1, 0.15) is 5.76 Å². The predicted molar refractivity (Wildman–Crippen MR) is 82.2 cm³/mol. The molecule has 1 aromatic carbocycles. The molecular weight excluding hydrogens is 262 g/mol. The molecule has 0 unspecified atom stereocenters. The summed E-state index contributed by atoms with van der Waals surface area (Å²) in [7, 11) is 1.81. The molecule has 0 saturated heterocycles. The smallest absolute Gasteiger partial charge is 0.191 e. The van der Waals surface area contributed by atoms with Gasteiger partial charge in [-0.15, -0.1) is 0 Å². The van der Waals surface area contributed by atoms with Crippen molar-refractivity contribution in [3.8, 4) is 0 Å². The molecule has 4 nitrogen and oxygen atoms in total. The summed E-state index contributed by atoms with van der Waals surface area (Å²) in [6, 6.07) is 13.2. The molecule has 2 N–H and O–H groups in total. The first-order valence-corrected chi connectivity index (χ1v) is 7.44. The first-order chi connectivity index (χ1) is 10.4. The van der Waals surface area contributed by atoms with Crippen molar-refractivity contribution < 1.29 is 4.42 Å². The summed E-state index contributed by atoms with van der Waals surface area (Å²) < 4.78 is 5.32. The summed E-state index contributed by atoms with van der Waals surface area (Å²) in [6.07, 6.45) is 2.88. The van der Waals surface area contributed by atoms with E-state index in [9.17, 15) is 0 Å². The Morgan fingerprint density at radius 2 is 2.19 bits per heavy atom. The quantitative estimate of drug-likeness (QED) is 0.670. The number of nitrogens with zero attached hydrogens (tertiary/aromatic N) is 1. The zero-order valence-corrected chi connectivity index (χ0v) is 12.0. The molecule has 21 heavy (non-hydrogen) atoms. The Labute approximate surface area is 124 Å². The zero-order chi connectivity index (χ0) is 14.2. The first kappa shape index (κ1) is 12.5. The van der Waals surface area contributed by atoms with Crippen LogP contribution in [0.15, 0.2) is 52.1 Å². The van der Waals surface area contributed by atoms with Crippen LogP contribution in [0.4, 0.5) is 0 Å². The molecule has 1 aromatic heterocycles. The van der Waals surface area contributed by atoms with Crippen LogP contribution in [0.2, 0.25) is 0 Å². The van der Waals surface area contributed by atoms with Crippen molar-refractivity contribution in [1.82, 2.24) is 10.6 Å². The molecule has 2 aliphatic rings. The molecule has 2 aliphatic carbocycles. The molecular formula is C17H19N3O. The van der Waals surface area contributed by atoms with E-state index in [2.05, 4.69) is 39.9 Å². The van der Waals surface area contributed by atoms with Crippen LogP contribution in [-0.2, 0) is 13.0 Å². The second-order valence-corrected chi connectivity index (χ2v) is 5.77. The molecule has 1 heterocycles. The highest BCUT2D eigenvalue weighted by Crippen LogP contribution is 2.56. The van der Waals surface area contributed by atoms with Crippen molar-refractivity contribution >= 4 is 5.96 Å². The summed E-state index contributed by atoms with van der Waals surface area (Å²) >= 11 is 0. The fourth-order valence-corrected chi connectivity index (χ4v) is 3.48. The second-order valence-electron chi connectivity index (χ2n) is 5.77. The Morgan fingerprint density at radius 3 is 3.00 bits per heavy atom. The number of furan rings is 1. The van der Waals surface area contributed by atoms with Gasteiger partial charge in [-0.2, -0.15) is 0 Å². The Morgan fingerprint density at radius 1 is 1.29 bits per heavy atom. The van der Waals surface area contributed by atoms with Gasteiger partial charge in [0.05, 0.1) is 12.8 Å². The van der Waals surface area contributed by atoms with Gasteiger partial charge in [-0.1, -0.05) is 24.3 Å². The van der Waals surface area contributed by atoms with Crippen LogP contribution in [0, 0.1) is 5.92 Å². The fraction of sp³-hybridized carbons (Fsp3) is 0.353. The van der Waals surface area contributed by atoms with E-state index in [1.54, 1.807) is 6.26 Å². The lowest BCUT2D eigenvalue weighted by Crippen LogP contribution is -2.39. The molecule has 0 spiro atoms. The predicted octanol–water partition coefficient (Wildman–Crippen LogP) is 2.28. The van der Waals surface area contributed by atoms with Crippen molar-refractivity contribution in [2.24, 2.45) is 10.9 Å². The largest absolute Gasteiger partial charge is 0.467 e. The third kappa shape index (κ3) is 2.20. The number of guanidine groups is 1. The lowest BCUT2D eigenvalue weighted by atomic mass is 10.1. The van der Waals surface area contributed by atoms with Gasteiger partial charge in [0, 0.05) is 19.0 Å². The van der Waals surface area contributed by atoms with Gasteiger partial charge in [-0.05, 0) is 35.6 Å². The lowest BCUT2D eigenvalue weighted by molar-refractivity contribution is 0.501. The molecule has 0 amide bonds. The minimum atomic E-state index is 0.516. The number of aliphatic imine (C=N–C) groups is 1. The van der Waals surface area contributed by atoms with Gasteiger partial charge in [-0.3, -0.25) is 4.99 Å². The summed E-state index contributed by atoms with van der Waals surface area (Å²) in [5, 5.41) is 6.84. The number of nitrogens with one attached hydrogen (secondary N) is 2. The van der Waals surface area contributed by atoms with Gasteiger partial charge in [-0.25, -0.2) is 0 Å². The maximum absolute atomic E-state index is 5.32. The number of hydrogen-bond donors (Lipinski definition) is 2. The van der Waals surface area contributed by atoms with Gasteiger partial charge in [0.25, 0.3) is 0 Å². The number of benzene rings is 1. The molecule has 108 valence electrons. The van der Waals surface area contributed by atoms with Crippen LogP contribution in [0.25, 0.3) is 0 Å². The normalized spacial score (nSPS) is 26.1. The minimum absolute atomic E-state index is 0.516. The van der Waals surface area contributed by atoms with Crippen LogP contribution in [0.3, 0.4) is 0 Å². The number of hydrogen-bond acceptors (Lipinski definition) is 2. The monoisotopic (exact) mass is 281 g/mol. The topological polar surface area (TPSA) is 49.6 Å². The molecule has 1 saturated carbocycles. The Hall–Kier alpha value is -2.23. The summed E-state index contributed by atoms with van der Waals surface area (Å²) in [4.78, 5) is 4.30. The molecule has 4 heteroatoms. The number of fused-ring (bicyclic) bond motifs is 3. The van der Waals surface area contributed by atoms with E-state index < -0.39 is 0 Å². The molecule has 0 aliphatic heterocycles. The van der Waals surface area contributed by atoms with E-state index in [1.165, 1.54) is 17.5 Å². The van der Waals surface area contributed by atoms with E-state index in [1.807, 2.05) is 19.2 Å². The van der Waals surface area contributed by atoms with E-state index >= 15 is 0 Å². The Balaban J connectivity index is 1.37. The maximum Gasteiger partial charge on any atom is 0.191 e. The van der Waals surface area contributed by atoms with Crippen molar-refractivity contribution in [2.75, 3.05) is 7.05 Å². The van der Waals surface area contributed by atoms with Crippen LogP contribution >= 0.6 is 0 Å². The van der Waals surface area contributed by atoms with Crippen molar-refractivity contribution in [2.45, 2.75) is 24.9 Å². The second kappa shape index (κ2) is 4.95. The van der Waals surface area contributed by atoms with Gasteiger partial charge in [0.15, 0.2) is 5.96 Å². The summed E-state index contributed by atoms with van der Waals surface area (Å²) in [5.41, 5.74) is 3.03. The summed E-state index contributed by atoms with van der Waals surface area (Å²) in [5.74, 6) is 3.15. The molecule has 1 fully saturated rings. The lowest BCUT2D eigenvalue weighted by Gasteiger charge is -2.13. The Kier molecular flexibility index (Phi) is 2.95. The van der Waals surface area contributed by atoms with E-state index in [-0.39, 0.29) is 0 Å². The molecule has 2 aromatic rings.